The van der Waals surface area contributed by atoms with Crippen molar-refractivity contribution in [2.24, 2.45) is 0 Å². The van der Waals surface area contributed by atoms with Crippen LogP contribution in [0.15, 0.2) is 47.3 Å². The minimum atomic E-state index is -0.389. The maximum atomic E-state index is 12.5. The van der Waals surface area contributed by atoms with E-state index in [1.54, 1.807) is 42.5 Å². The molecule has 0 fully saturated rings. The Balaban J connectivity index is 1.74. The van der Waals surface area contributed by atoms with Gasteiger partial charge in [-0.2, -0.15) is 0 Å². The lowest BCUT2D eigenvalue weighted by atomic mass is 10.2. The van der Waals surface area contributed by atoms with Gasteiger partial charge in [0.2, 0.25) is 5.91 Å². The summed E-state index contributed by atoms with van der Waals surface area (Å²) in [5.41, 5.74) is 0.683. The van der Waals surface area contributed by atoms with Gasteiger partial charge in [-0.25, -0.2) is 4.68 Å². The largest absolute Gasteiger partial charge is 0.490 e. The molecule has 0 saturated heterocycles. The lowest BCUT2D eigenvalue weighted by Gasteiger charge is -2.14. The molecule has 0 aliphatic rings. The van der Waals surface area contributed by atoms with Gasteiger partial charge in [-0.05, 0) is 37.1 Å². The van der Waals surface area contributed by atoms with Gasteiger partial charge in [-0.1, -0.05) is 31.2 Å². The Morgan fingerprint density at radius 3 is 2.52 bits per heavy atom. The number of anilines is 1. The maximum Gasteiger partial charge on any atom is 0.278 e. The summed E-state index contributed by atoms with van der Waals surface area (Å²) in [7, 11) is 0. The topological polar surface area (TPSA) is 95.3 Å². The van der Waals surface area contributed by atoms with Gasteiger partial charge in [0.25, 0.3) is 5.56 Å². The van der Waals surface area contributed by atoms with Crippen molar-refractivity contribution in [3.8, 4) is 11.5 Å². The number of benzene rings is 2. The van der Waals surface area contributed by atoms with Crippen molar-refractivity contribution < 1.29 is 14.3 Å². The zero-order valence-electron chi connectivity index (χ0n) is 16.6. The summed E-state index contributed by atoms with van der Waals surface area (Å²) in [6, 6.07) is 12.1. The second kappa shape index (κ2) is 9.68. The first kappa shape index (κ1) is 20.3. The average Bonchev–Trinajstić information content (AvgIpc) is 2.73. The van der Waals surface area contributed by atoms with Crippen molar-refractivity contribution in [2.45, 2.75) is 33.2 Å². The van der Waals surface area contributed by atoms with E-state index in [-0.39, 0.29) is 18.0 Å². The predicted octanol–water partition coefficient (Wildman–Crippen LogP) is 3.01. The zero-order chi connectivity index (χ0) is 20.6. The second-order valence-corrected chi connectivity index (χ2v) is 6.48. The Morgan fingerprint density at radius 2 is 1.76 bits per heavy atom. The average molecular weight is 396 g/mol. The third kappa shape index (κ3) is 5.10. The van der Waals surface area contributed by atoms with Crippen molar-refractivity contribution in [3.05, 3.63) is 52.8 Å². The summed E-state index contributed by atoms with van der Waals surface area (Å²) in [4.78, 5) is 24.9. The number of hydrogen-bond acceptors (Lipinski definition) is 6. The SMILES string of the molecule is CCCOc1ccc(NC(=O)Cn2nnc3ccccc3c2=O)cc1OCCC. The van der Waals surface area contributed by atoms with Crippen LogP contribution < -0.4 is 20.3 Å². The van der Waals surface area contributed by atoms with Crippen molar-refractivity contribution in [1.82, 2.24) is 15.0 Å². The standard InChI is InChI=1S/C21H24N4O4/c1-3-11-28-18-10-9-15(13-19(18)29-12-4-2)22-20(26)14-25-21(27)16-7-5-6-8-17(16)23-24-25/h5-10,13H,3-4,11-12,14H2,1-2H3,(H,22,26). The maximum absolute atomic E-state index is 12.5. The molecule has 1 heterocycles. The van der Waals surface area contributed by atoms with Gasteiger partial charge in [-0.3, -0.25) is 9.59 Å². The smallest absolute Gasteiger partial charge is 0.278 e. The first-order valence-electron chi connectivity index (χ1n) is 9.64. The number of fused-ring (bicyclic) bond motifs is 1. The molecule has 8 heteroatoms. The summed E-state index contributed by atoms with van der Waals surface area (Å²) in [6.07, 6.45) is 1.74. The number of ether oxygens (including phenoxy) is 2. The molecule has 1 aromatic heterocycles. The van der Waals surface area contributed by atoms with Gasteiger partial charge >= 0.3 is 0 Å². The molecule has 29 heavy (non-hydrogen) atoms. The van der Waals surface area contributed by atoms with Crippen LogP contribution in [0.25, 0.3) is 10.9 Å². The van der Waals surface area contributed by atoms with E-state index in [9.17, 15) is 9.59 Å². The van der Waals surface area contributed by atoms with Gasteiger partial charge in [0, 0.05) is 11.8 Å². The Bertz CT molecular complexity index is 1050. The van der Waals surface area contributed by atoms with E-state index in [4.69, 9.17) is 9.47 Å². The molecule has 0 aliphatic carbocycles. The highest BCUT2D eigenvalue weighted by Crippen LogP contribution is 2.31. The van der Waals surface area contributed by atoms with E-state index in [0.717, 1.165) is 17.5 Å². The second-order valence-electron chi connectivity index (χ2n) is 6.48. The Kier molecular flexibility index (Phi) is 6.78. The van der Waals surface area contributed by atoms with Crippen LogP contribution in [-0.4, -0.2) is 34.1 Å². The fourth-order valence-electron chi connectivity index (χ4n) is 2.71. The third-order valence-electron chi connectivity index (χ3n) is 4.07. The fourth-order valence-corrected chi connectivity index (χ4v) is 2.71. The number of nitrogens with one attached hydrogen (secondary N) is 1. The molecule has 152 valence electrons. The molecular weight excluding hydrogens is 372 g/mol. The van der Waals surface area contributed by atoms with E-state index in [1.807, 2.05) is 13.8 Å². The fraction of sp³-hybridized carbons (Fsp3) is 0.333. The molecule has 1 N–H and O–H groups in total. The number of carbonyl (C=O) groups excluding carboxylic acids is 1. The quantitative estimate of drug-likeness (QED) is 0.597. The van der Waals surface area contributed by atoms with Crippen LogP contribution in [-0.2, 0) is 11.3 Å². The van der Waals surface area contributed by atoms with Crippen LogP contribution in [0.1, 0.15) is 26.7 Å². The molecule has 2 aromatic carbocycles. The third-order valence-corrected chi connectivity index (χ3v) is 4.07. The summed E-state index contributed by atoms with van der Waals surface area (Å²) in [5.74, 6) is 0.816. The highest BCUT2D eigenvalue weighted by atomic mass is 16.5. The van der Waals surface area contributed by atoms with Gasteiger partial charge in [-0.15, -0.1) is 5.10 Å². The molecule has 0 atom stereocenters. The first-order valence-corrected chi connectivity index (χ1v) is 9.64. The molecular formula is C21H24N4O4. The van der Waals surface area contributed by atoms with Gasteiger partial charge in [0.1, 0.15) is 12.1 Å². The van der Waals surface area contributed by atoms with Crippen LogP contribution in [0.2, 0.25) is 0 Å². The summed E-state index contributed by atoms with van der Waals surface area (Å²) in [5, 5.41) is 11.0. The number of amides is 1. The summed E-state index contributed by atoms with van der Waals surface area (Å²) >= 11 is 0. The predicted molar refractivity (Wildman–Crippen MR) is 110 cm³/mol. The van der Waals surface area contributed by atoms with Crippen LogP contribution >= 0.6 is 0 Å². The van der Waals surface area contributed by atoms with E-state index < -0.39 is 0 Å². The molecule has 0 bridgehead atoms. The van der Waals surface area contributed by atoms with Gasteiger partial charge < -0.3 is 14.8 Å². The van der Waals surface area contributed by atoms with Crippen LogP contribution in [0.5, 0.6) is 11.5 Å². The van der Waals surface area contributed by atoms with E-state index in [2.05, 4.69) is 15.6 Å². The normalized spacial score (nSPS) is 10.7. The zero-order valence-corrected chi connectivity index (χ0v) is 16.6. The molecule has 3 aromatic rings. The lowest BCUT2D eigenvalue weighted by Crippen LogP contribution is -2.30. The monoisotopic (exact) mass is 396 g/mol. The number of aromatic nitrogens is 3. The number of rotatable bonds is 9. The summed E-state index contributed by atoms with van der Waals surface area (Å²) < 4.78 is 12.5. The molecule has 0 unspecified atom stereocenters. The molecule has 0 radical (unpaired) electrons. The van der Waals surface area contributed by atoms with Crippen molar-refractivity contribution in [2.75, 3.05) is 18.5 Å². The number of carbonyl (C=O) groups is 1. The molecule has 0 spiro atoms. The molecule has 1 amide bonds. The number of hydrogen-bond donors (Lipinski definition) is 1. The summed E-state index contributed by atoms with van der Waals surface area (Å²) in [6.45, 7) is 4.93. The van der Waals surface area contributed by atoms with Gasteiger partial charge in [0.05, 0.1) is 18.6 Å². The Morgan fingerprint density at radius 1 is 1.03 bits per heavy atom. The highest BCUT2D eigenvalue weighted by molar-refractivity contribution is 5.91. The molecule has 0 aliphatic heterocycles. The van der Waals surface area contributed by atoms with Crippen LogP contribution in [0.4, 0.5) is 5.69 Å². The van der Waals surface area contributed by atoms with E-state index >= 15 is 0 Å². The number of nitrogens with zero attached hydrogens (tertiary/aromatic N) is 3. The highest BCUT2D eigenvalue weighted by Gasteiger charge is 2.12. The van der Waals surface area contributed by atoms with E-state index in [1.165, 1.54) is 0 Å². The first-order chi connectivity index (χ1) is 14.1. The van der Waals surface area contributed by atoms with E-state index in [0.29, 0.717) is 41.3 Å². The minimum Gasteiger partial charge on any atom is -0.490 e. The van der Waals surface area contributed by atoms with Crippen LogP contribution in [0.3, 0.4) is 0 Å². The Hall–Kier alpha value is -3.42. The Labute approximate surface area is 168 Å². The van der Waals surface area contributed by atoms with Crippen molar-refractivity contribution in [3.63, 3.8) is 0 Å². The van der Waals surface area contributed by atoms with Crippen molar-refractivity contribution >= 4 is 22.5 Å². The molecule has 3 rings (SSSR count). The van der Waals surface area contributed by atoms with Gasteiger partial charge in [0.15, 0.2) is 11.5 Å². The molecule has 8 nitrogen and oxygen atoms in total. The lowest BCUT2D eigenvalue weighted by molar-refractivity contribution is -0.117. The van der Waals surface area contributed by atoms with Crippen LogP contribution in [0, 0.1) is 0 Å². The van der Waals surface area contributed by atoms with Crippen molar-refractivity contribution in [1.29, 1.82) is 0 Å². The molecule has 0 saturated carbocycles. The minimum absolute atomic E-state index is 0.240.